The maximum atomic E-state index is 14.0. The van der Waals surface area contributed by atoms with Crippen molar-refractivity contribution in [3.8, 4) is 22.6 Å². The minimum atomic E-state index is -3.71. The Kier molecular flexibility index (Phi) is 10.8. The van der Waals surface area contributed by atoms with Gasteiger partial charge in [0.1, 0.15) is 35.8 Å². The number of phenols is 1. The quantitative estimate of drug-likeness (QED) is 0.0876. The molecule has 1 unspecified atom stereocenters. The molecule has 4 heterocycles. The van der Waals surface area contributed by atoms with Crippen molar-refractivity contribution in [1.29, 1.82) is 0 Å². The summed E-state index contributed by atoms with van der Waals surface area (Å²) in [5, 5.41) is 19.9. The predicted molar refractivity (Wildman–Crippen MR) is 212 cm³/mol. The van der Waals surface area contributed by atoms with Gasteiger partial charge in [0.05, 0.1) is 28.6 Å². The highest BCUT2D eigenvalue weighted by atomic mass is 32.2. The SMILES string of the molecule is Cc1ccn2nc(C(C)Nc3ncnc4c3c(-c3cc(O)cc(NS(=O)(=O)CCN(C)C)c3)cn4COCC[Si](C)(C)C)n(-c3ccccc3)c(=O)c12. The number of aromatic nitrogens is 6. The van der Waals surface area contributed by atoms with Crippen LogP contribution in [-0.2, 0) is 21.5 Å². The number of para-hydroxylation sites is 1. The van der Waals surface area contributed by atoms with Crippen molar-refractivity contribution < 1.29 is 18.3 Å². The molecule has 4 aromatic heterocycles. The largest absolute Gasteiger partial charge is 0.508 e. The lowest BCUT2D eigenvalue weighted by Crippen LogP contribution is -2.29. The first-order chi connectivity index (χ1) is 25.1. The van der Waals surface area contributed by atoms with Crippen molar-refractivity contribution in [2.24, 2.45) is 0 Å². The molecule has 280 valence electrons. The number of benzene rings is 2. The number of aromatic hydroxyl groups is 1. The van der Waals surface area contributed by atoms with Crippen molar-refractivity contribution in [2.45, 2.75) is 52.3 Å². The normalized spacial score (nSPS) is 12.9. The topological polar surface area (TPSA) is 161 Å². The number of nitrogens with one attached hydrogen (secondary N) is 2. The van der Waals surface area contributed by atoms with Crippen LogP contribution >= 0.6 is 0 Å². The van der Waals surface area contributed by atoms with Gasteiger partial charge < -0.3 is 24.6 Å². The molecule has 0 saturated heterocycles. The zero-order valence-corrected chi connectivity index (χ0v) is 33.0. The molecule has 14 nitrogen and oxygen atoms in total. The maximum Gasteiger partial charge on any atom is 0.282 e. The van der Waals surface area contributed by atoms with Gasteiger partial charge in [-0.2, -0.15) is 5.10 Å². The van der Waals surface area contributed by atoms with E-state index in [-0.39, 0.29) is 29.5 Å². The van der Waals surface area contributed by atoms with Crippen LogP contribution < -0.4 is 15.6 Å². The summed E-state index contributed by atoms with van der Waals surface area (Å²) in [5.41, 5.74) is 3.74. The Morgan fingerprint density at radius 1 is 1.06 bits per heavy atom. The number of anilines is 2. The van der Waals surface area contributed by atoms with Crippen LogP contribution in [0.1, 0.15) is 24.4 Å². The van der Waals surface area contributed by atoms with Gasteiger partial charge in [-0.1, -0.05) is 37.8 Å². The van der Waals surface area contributed by atoms with E-state index >= 15 is 0 Å². The van der Waals surface area contributed by atoms with Gasteiger partial charge in [0.15, 0.2) is 5.82 Å². The summed E-state index contributed by atoms with van der Waals surface area (Å²) in [5.74, 6) is 0.673. The van der Waals surface area contributed by atoms with Gasteiger partial charge in [0.2, 0.25) is 10.0 Å². The Bertz CT molecular complexity index is 2420. The molecular formula is C37H47N9O5SSi. The highest BCUT2D eigenvalue weighted by Crippen LogP contribution is 2.38. The zero-order chi connectivity index (χ0) is 38.1. The van der Waals surface area contributed by atoms with Crippen molar-refractivity contribution in [3.05, 3.63) is 95.1 Å². The Balaban J connectivity index is 1.45. The van der Waals surface area contributed by atoms with Crippen molar-refractivity contribution in [1.82, 2.24) is 33.6 Å². The van der Waals surface area contributed by atoms with Crippen LogP contribution in [-0.4, -0.2) is 88.2 Å². The number of sulfonamides is 1. The number of hydrogen-bond donors (Lipinski definition) is 3. The Hall–Kier alpha value is -5.03. The average molecular weight is 758 g/mol. The minimum Gasteiger partial charge on any atom is -0.508 e. The van der Waals surface area contributed by atoms with Gasteiger partial charge in [-0.3, -0.25) is 14.1 Å². The summed E-state index contributed by atoms with van der Waals surface area (Å²) in [6.07, 6.45) is 5.10. The number of nitrogens with zero attached hydrogens (tertiary/aromatic N) is 7. The lowest BCUT2D eigenvalue weighted by atomic mass is 10.0. The third kappa shape index (κ3) is 8.62. The molecule has 53 heavy (non-hydrogen) atoms. The Morgan fingerprint density at radius 3 is 2.53 bits per heavy atom. The number of hydrogen-bond acceptors (Lipinski definition) is 10. The first-order valence-corrected chi connectivity index (χ1v) is 22.8. The van der Waals surface area contributed by atoms with Crippen molar-refractivity contribution in [2.75, 3.05) is 43.0 Å². The van der Waals surface area contributed by atoms with E-state index in [1.54, 1.807) is 46.4 Å². The smallest absolute Gasteiger partial charge is 0.282 e. The van der Waals surface area contributed by atoms with Gasteiger partial charge in [0.25, 0.3) is 5.56 Å². The summed E-state index contributed by atoms with van der Waals surface area (Å²) in [6.45, 7) is 11.8. The molecular weight excluding hydrogens is 711 g/mol. The number of phenolic OH excluding ortho intramolecular Hbond substituents is 1. The number of rotatable bonds is 15. The van der Waals surface area contributed by atoms with Crippen LogP contribution in [0.5, 0.6) is 5.75 Å². The molecule has 0 saturated carbocycles. The van der Waals surface area contributed by atoms with E-state index in [0.29, 0.717) is 58.2 Å². The first-order valence-electron chi connectivity index (χ1n) is 17.4. The van der Waals surface area contributed by atoms with E-state index in [1.807, 2.05) is 61.0 Å². The lowest BCUT2D eigenvalue weighted by Gasteiger charge is -2.20. The van der Waals surface area contributed by atoms with E-state index in [2.05, 4.69) is 39.6 Å². The van der Waals surface area contributed by atoms with Gasteiger partial charge in [0, 0.05) is 45.2 Å². The third-order valence-corrected chi connectivity index (χ3v) is 11.8. The van der Waals surface area contributed by atoms with E-state index in [4.69, 9.17) is 9.84 Å². The molecule has 0 spiro atoms. The van der Waals surface area contributed by atoms with Crippen LogP contribution in [0.3, 0.4) is 0 Å². The molecule has 0 aliphatic carbocycles. The summed E-state index contributed by atoms with van der Waals surface area (Å²) in [6, 6.07) is 16.3. The Labute approximate surface area is 310 Å². The third-order valence-electron chi connectivity index (χ3n) is 8.86. The van der Waals surface area contributed by atoms with Gasteiger partial charge in [-0.15, -0.1) is 0 Å². The van der Waals surface area contributed by atoms with Crippen LogP contribution in [0.2, 0.25) is 25.7 Å². The average Bonchev–Trinajstić information content (AvgIpc) is 3.66. The van der Waals surface area contributed by atoms with Crippen LogP contribution in [0.4, 0.5) is 11.5 Å². The monoisotopic (exact) mass is 757 g/mol. The molecule has 0 bridgehead atoms. The van der Waals surface area contributed by atoms with E-state index in [0.717, 1.165) is 11.6 Å². The fourth-order valence-electron chi connectivity index (χ4n) is 6.06. The zero-order valence-electron chi connectivity index (χ0n) is 31.2. The van der Waals surface area contributed by atoms with Gasteiger partial charge in [-0.25, -0.2) is 22.9 Å². The second-order valence-corrected chi connectivity index (χ2v) is 22.2. The molecule has 0 radical (unpaired) electrons. The number of ether oxygens (including phenoxy) is 1. The molecule has 6 aromatic rings. The summed E-state index contributed by atoms with van der Waals surface area (Å²) < 4.78 is 39.7. The van der Waals surface area contributed by atoms with Gasteiger partial charge >= 0.3 is 0 Å². The minimum absolute atomic E-state index is 0.116. The van der Waals surface area contributed by atoms with Crippen LogP contribution in [0, 0.1) is 6.92 Å². The summed E-state index contributed by atoms with van der Waals surface area (Å²) >= 11 is 0. The highest BCUT2D eigenvalue weighted by Gasteiger charge is 2.24. The Morgan fingerprint density at radius 2 is 1.81 bits per heavy atom. The first kappa shape index (κ1) is 37.7. The van der Waals surface area contributed by atoms with Gasteiger partial charge in [-0.05, 0) is 75.4 Å². The fraction of sp³-hybridized carbons (Fsp3) is 0.351. The molecule has 16 heteroatoms. The molecule has 1 atom stereocenters. The number of aryl methyl sites for hydroxylation is 1. The molecule has 2 aromatic carbocycles. The fourth-order valence-corrected chi connectivity index (χ4v) is 8.00. The lowest BCUT2D eigenvalue weighted by molar-refractivity contribution is 0.0899. The second kappa shape index (κ2) is 15.1. The number of fused-ring (bicyclic) bond motifs is 2. The van der Waals surface area contributed by atoms with E-state index < -0.39 is 24.1 Å². The highest BCUT2D eigenvalue weighted by molar-refractivity contribution is 7.92. The molecule has 0 aliphatic heterocycles. The second-order valence-electron chi connectivity index (χ2n) is 14.8. The molecule has 3 N–H and O–H groups in total. The van der Waals surface area contributed by atoms with Crippen LogP contribution in [0.25, 0.3) is 33.4 Å². The maximum absolute atomic E-state index is 14.0. The van der Waals surface area contributed by atoms with E-state index in [1.165, 1.54) is 12.4 Å². The molecule has 0 fully saturated rings. The predicted octanol–water partition coefficient (Wildman–Crippen LogP) is 5.70. The molecule has 6 rings (SSSR count). The summed E-state index contributed by atoms with van der Waals surface area (Å²) in [7, 11) is -1.44. The van der Waals surface area contributed by atoms with Crippen molar-refractivity contribution in [3.63, 3.8) is 0 Å². The standard InChI is InChI=1S/C37H47N9O5SSi/c1-25-13-14-45-33(25)37(48)46(29-11-9-8-10-12-29)35(41-45)26(2)40-34-32-31(22-44(36(32)39-23-38-34)24-51-16-18-53(5,6)7)27-19-28(21-30(47)20-27)42-52(49,50)17-15-43(3)4/h8-14,19-23,26,42,47H,15-18,24H2,1-7H3,(H,38,39,40). The van der Waals surface area contributed by atoms with E-state index in [9.17, 15) is 18.3 Å². The molecule has 0 amide bonds. The van der Waals surface area contributed by atoms with Crippen molar-refractivity contribution >= 4 is 46.2 Å². The summed E-state index contributed by atoms with van der Waals surface area (Å²) in [4.78, 5) is 25.1. The molecule has 0 aliphatic rings. The van der Waals surface area contributed by atoms with Crippen LogP contribution in [0.15, 0.2) is 78.1 Å².